The third kappa shape index (κ3) is 3.65. The van der Waals surface area contributed by atoms with Crippen molar-refractivity contribution in [2.45, 2.75) is 26.7 Å². The highest BCUT2D eigenvalue weighted by molar-refractivity contribution is 5.97. The van der Waals surface area contributed by atoms with Crippen LogP contribution in [-0.4, -0.2) is 5.78 Å². The van der Waals surface area contributed by atoms with Crippen molar-refractivity contribution in [2.75, 3.05) is 0 Å². The van der Waals surface area contributed by atoms with Gasteiger partial charge >= 0.3 is 0 Å². The monoisotopic (exact) mass is 216 g/mol. The topological polar surface area (TPSA) is 17.1 Å². The molecule has 0 amide bonds. The first-order valence-corrected chi connectivity index (χ1v) is 5.75. The van der Waals surface area contributed by atoms with E-state index in [1.54, 1.807) is 0 Å². The van der Waals surface area contributed by atoms with E-state index >= 15 is 0 Å². The summed E-state index contributed by atoms with van der Waals surface area (Å²) in [6.07, 6.45) is 9.23. The van der Waals surface area contributed by atoms with E-state index in [-0.39, 0.29) is 11.7 Å². The molecule has 1 rings (SSSR count). The number of hydrogen-bond acceptors (Lipinski definition) is 1. The van der Waals surface area contributed by atoms with Crippen LogP contribution in [-0.2, 0) is 4.79 Å². The molecule has 0 aromatic carbocycles. The molecule has 86 valence electrons. The van der Waals surface area contributed by atoms with Crippen molar-refractivity contribution in [3.8, 4) is 0 Å². The van der Waals surface area contributed by atoms with Gasteiger partial charge in [-0.3, -0.25) is 4.79 Å². The fourth-order valence-corrected chi connectivity index (χ4v) is 1.64. The summed E-state index contributed by atoms with van der Waals surface area (Å²) in [6.45, 7) is 12.0. The summed E-state index contributed by atoms with van der Waals surface area (Å²) in [5, 5.41) is 0. The van der Waals surface area contributed by atoms with Crippen LogP contribution in [0.2, 0.25) is 0 Å². The van der Waals surface area contributed by atoms with Gasteiger partial charge in [-0.05, 0) is 18.3 Å². The van der Waals surface area contributed by atoms with Gasteiger partial charge in [-0.1, -0.05) is 56.9 Å². The molecule has 16 heavy (non-hydrogen) atoms. The van der Waals surface area contributed by atoms with Crippen molar-refractivity contribution in [3.05, 3.63) is 48.6 Å². The lowest BCUT2D eigenvalue weighted by molar-refractivity contribution is -0.116. The zero-order valence-electron chi connectivity index (χ0n) is 10.2. The molecule has 0 bridgehead atoms. The predicted molar refractivity (Wildman–Crippen MR) is 69.1 cm³/mol. The van der Waals surface area contributed by atoms with Gasteiger partial charge in [0.2, 0.25) is 0 Å². The molecule has 1 aliphatic carbocycles. The van der Waals surface area contributed by atoms with E-state index in [1.807, 2.05) is 18.2 Å². The summed E-state index contributed by atoms with van der Waals surface area (Å²) in [6, 6.07) is 0. The van der Waals surface area contributed by atoms with Crippen molar-refractivity contribution in [2.24, 2.45) is 11.8 Å². The smallest absolute Gasteiger partial charge is 0.162 e. The van der Waals surface area contributed by atoms with Crippen molar-refractivity contribution < 1.29 is 4.79 Å². The molecular weight excluding hydrogens is 196 g/mol. The normalized spacial score (nSPS) is 26.9. The van der Waals surface area contributed by atoms with Gasteiger partial charge in [-0.15, -0.1) is 0 Å². The molecule has 0 saturated carbocycles. The van der Waals surface area contributed by atoms with E-state index in [1.165, 1.54) is 0 Å². The zero-order valence-corrected chi connectivity index (χ0v) is 10.2. The van der Waals surface area contributed by atoms with Crippen LogP contribution in [0.3, 0.4) is 0 Å². The van der Waals surface area contributed by atoms with Crippen LogP contribution in [0.25, 0.3) is 0 Å². The maximum Gasteiger partial charge on any atom is 0.162 e. The highest BCUT2D eigenvalue weighted by atomic mass is 16.1. The summed E-state index contributed by atoms with van der Waals surface area (Å²) in [5.74, 6) is 0.892. The number of Topliss-reactive ketones (excluding diaryl/α,β-unsaturated/α-hetero) is 1. The molecule has 1 aliphatic rings. The molecule has 0 N–H and O–H groups in total. The first-order valence-electron chi connectivity index (χ1n) is 5.75. The number of hydrogen-bond donors (Lipinski definition) is 0. The highest BCUT2D eigenvalue weighted by Gasteiger charge is 2.16. The van der Waals surface area contributed by atoms with Crippen LogP contribution in [0.15, 0.2) is 48.6 Å². The Balaban J connectivity index is 2.90. The molecule has 0 aromatic rings. The molecule has 0 aliphatic heterocycles. The summed E-state index contributed by atoms with van der Waals surface area (Å²) < 4.78 is 0. The largest absolute Gasteiger partial charge is 0.294 e. The molecule has 0 saturated heterocycles. The molecule has 0 aromatic heterocycles. The minimum absolute atomic E-state index is 0.145. The lowest BCUT2D eigenvalue weighted by atomic mass is 9.87. The quantitative estimate of drug-likeness (QED) is 0.608. The second-order valence-corrected chi connectivity index (χ2v) is 4.68. The molecule has 0 fully saturated rings. The highest BCUT2D eigenvalue weighted by Crippen LogP contribution is 2.21. The van der Waals surface area contributed by atoms with E-state index in [4.69, 9.17) is 0 Å². The second kappa shape index (κ2) is 5.64. The number of ketones is 1. The van der Waals surface area contributed by atoms with Gasteiger partial charge in [0.25, 0.3) is 0 Å². The first-order chi connectivity index (χ1) is 7.50. The van der Waals surface area contributed by atoms with Crippen molar-refractivity contribution >= 4 is 5.78 Å². The molecule has 0 spiro atoms. The Morgan fingerprint density at radius 3 is 2.62 bits per heavy atom. The van der Waals surface area contributed by atoms with Gasteiger partial charge in [0.05, 0.1) is 0 Å². The van der Waals surface area contributed by atoms with Gasteiger partial charge in [0.1, 0.15) is 0 Å². The van der Waals surface area contributed by atoms with Crippen molar-refractivity contribution in [1.82, 2.24) is 0 Å². The Morgan fingerprint density at radius 1 is 1.31 bits per heavy atom. The zero-order chi connectivity index (χ0) is 12.1. The van der Waals surface area contributed by atoms with E-state index in [9.17, 15) is 4.79 Å². The Bertz CT molecular complexity index is 356. The number of allylic oxidation sites excluding steroid dienone is 6. The number of rotatable bonds is 1. The second-order valence-electron chi connectivity index (χ2n) is 4.68. The van der Waals surface area contributed by atoms with Crippen molar-refractivity contribution in [1.29, 1.82) is 0 Å². The van der Waals surface area contributed by atoms with Crippen LogP contribution in [0, 0.1) is 11.8 Å². The Labute approximate surface area is 98.2 Å². The molecule has 0 heterocycles. The van der Waals surface area contributed by atoms with Crippen LogP contribution in [0.4, 0.5) is 0 Å². The Morgan fingerprint density at radius 2 is 2.00 bits per heavy atom. The average Bonchev–Trinajstić information content (AvgIpc) is 2.22. The van der Waals surface area contributed by atoms with Gasteiger partial charge in [-0.25, -0.2) is 0 Å². The standard InChI is InChI=1S/C15H20O/c1-11(2)14-9-8-12(3)6-5-7-13(4)15(16)10-14/h5,7-9,11,14H,3-4,6,10H2,1-2H3/b7-5-,9-8-/t14-/m0/s1. The van der Waals surface area contributed by atoms with Crippen LogP contribution < -0.4 is 0 Å². The lowest BCUT2D eigenvalue weighted by Gasteiger charge is -2.17. The average molecular weight is 216 g/mol. The van der Waals surface area contributed by atoms with E-state index in [0.29, 0.717) is 17.9 Å². The molecular formula is C15H20O. The fraction of sp³-hybridized carbons (Fsp3) is 0.400. The first kappa shape index (κ1) is 12.7. The van der Waals surface area contributed by atoms with Gasteiger partial charge in [0.15, 0.2) is 5.78 Å². The molecule has 1 nitrogen and oxygen atoms in total. The van der Waals surface area contributed by atoms with Crippen LogP contribution in [0.5, 0.6) is 0 Å². The minimum atomic E-state index is 0.145. The SMILES string of the molecule is C=C1/C=C\[C@H](C(C)C)CC(=O)C(=C)/C=C\C1. The van der Waals surface area contributed by atoms with Gasteiger partial charge < -0.3 is 0 Å². The van der Waals surface area contributed by atoms with E-state index in [0.717, 1.165) is 12.0 Å². The van der Waals surface area contributed by atoms with E-state index < -0.39 is 0 Å². The molecule has 1 heteroatoms. The lowest BCUT2D eigenvalue weighted by Crippen LogP contribution is -2.13. The molecule has 0 unspecified atom stereocenters. The van der Waals surface area contributed by atoms with Crippen LogP contribution >= 0.6 is 0 Å². The third-order valence-corrected chi connectivity index (χ3v) is 2.91. The maximum atomic E-state index is 11.8. The number of carbonyl (C=O) groups is 1. The minimum Gasteiger partial charge on any atom is -0.294 e. The van der Waals surface area contributed by atoms with Gasteiger partial charge in [-0.2, -0.15) is 0 Å². The summed E-state index contributed by atoms with van der Waals surface area (Å²) >= 11 is 0. The third-order valence-electron chi connectivity index (χ3n) is 2.91. The summed E-state index contributed by atoms with van der Waals surface area (Å²) in [7, 11) is 0. The predicted octanol–water partition coefficient (Wildman–Crippen LogP) is 3.85. The van der Waals surface area contributed by atoms with Crippen LogP contribution in [0.1, 0.15) is 26.7 Å². The molecule has 1 atom stereocenters. The van der Waals surface area contributed by atoms with Gasteiger partial charge in [0, 0.05) is 12.0 Å². The fourth-order valence-electron chi connectivity index (χ4n) is 1.64. The number of carbonyl (C=O) groups excluding carboxylic acids is 1. The maximum absolute atomic E-state index is 11.8. The molecule has 0 radical (unpaired) electrons. The van der Waals surface area contributed by atoms with E-state index in [2.05, 4.69) is 33.1 Å². The summed E-state index contributed by atoms with van der Waals surface area (Å²) in [5.41, 5.74) is 1.68. The Kier molecular flexibility index (Phi) is 4.48. The van der Waals surface area contributed by atoms with Crippen molar-refractivity contribution in [3.63, 3.8) is 0 Å². The summed E-state index contributed by atoms with van der Waals surface area (Å²) in [4.78, 5) is 11.8. The Hall–Kier alpha value is -1.37.